The zero-order chi connectivity index (χ0) is 24.2. The quantitative estimate of drug-likeness (QED) is 0.446. The summed E-state index contributed by atoms with van der Waals surface area (Å²) in [7, 11) is 3.60. The van der Waals surface area contributed by atoms with Crippen molar-refractivity contribution in [3.8, 4) is 0 Å². The molecule has 5 nitrogen and oxygen atoms in total. The minimum absolute atomic E-state index is 0.132. The van der Waals surface area contributed by atoms with Gasteiger partial charge in [0.25, 0.3) is 5.91 Å². The van der Waals surface area contributed by atoms with Crippen LogP contribution in [0.1, 0.15) is 27.6 Å². The first-order chi connectivity index (χ1) is 15.6. The van der Waals surface area contributed by atoms with Gasteiger partial charge in [-0.05, 0) is 36.4 Å². The lowest BCUT2D eigenvalue weighted by atomic mass is 10.1. The number of hydrogen-bond acceptors (Lipinski definition) is 4. The molecule has 0 aliphatic heterocycles. The minimum Gasteiger partial charge on any atom is -0.444 e. The van der Waals surface area contributed by atoms with Crippen LogP contribution in [0.5, 0.6) is 0 Å². The molecule has 0 aliphatic carbocycles. The number of benzene rings is 3. The number of carbonyl (C=O) groups is 2. The molecule has 0 saturated heterocycles. The molecule has 9 heteroatoms. The largest absolute Gasteiger partial charge is 0.444 e. The Morgan fingerprint density at radius 2 is 1.67 bits per heavy atom. The molecular formula is C24H20ClF3N2O3. The molecule has 1 N–H and O–H groups in total. The average Bonchev–Trinajstić information content (AvgIpc) is 2.78. The van der Waals surface area contributed by atoms with Crippen molar-refractivity contribution in [2.45, 2.75) is 12.3 Å². The van der Waals surface area contributed by atoms with Gasteiger partial charge in [-0.3, -0.25) is 4.79 Å². The smallest absolute Gasteiger partial charge is 0.418 e. The number of nitrogens with one attached hydrogen (secondary N) is 1. The van der Waals surface area contributed by atoms with E-state index in [1.54, 1.807) is 67.5 Å². The van der Waals surface area contributed by atoms with E-state index in [4.69, 9.17) is 16.3 Å². The van der Waals surface area contributed by atoms with Gasteiger partial charge in [-0.1, -0.05) is 48.0 Å². The van der Waals surface area contributed by atoms with Gasteiger partial charge in [0.15, 0.2) is 0 Å². The number of halogens is 4. The summed E-state index contributed by atoms with van der Waals surface area (Å²) in [6.07, 6.45) is -6.24. The molecule has 1 amide bonds. The van der Waals surface area contributed by atoms with E-state index >= 15 is 0 Å². The molecule has 0 bridgehead atoms. The molecule has 0 fully saturated rings. The molecule has 3 aromatic rings. The molecule has 0 saturated carbocycles. The van der Waals surface area contributed by atoms with Gasteiger partial charge in [0.1, 0.15) is 0 Å². The summed E-state index contributed by atoms with van der Waals surface area (Å²) in [4.78, 5) is 27.6. The standard InChI is InChI=1S/C24H20ClF3N2O3/c1-30(2)18-10-6-9-16(13-18)23(32)33-21(15-7-4-3-5-8-15)22(31)29-20-12-11-17(25)14-19(20)24(26,27)28/h3-14,21H,1-2H3,(H,29,31)/t21-/m1/s1. The van der Waals surface area contributed by atoms with Gasteiger partial charge in [-0.25, -0.2) is 4.79 Å². The molecular weight excluding hydrogens is 457 g/mol. The van der Waals surface area contributed by atoms with Crippen molar-refractivity contribution in [3.63, 3.8) is 0 Å². The number of alkyl halides is 3. The van der Waals surface area contributed by atoms with Crippen LogP contribution in [0.25, 0.3) is 0 Å². The van der Waals surface area contributed by atoms with Crippen molar-refractivity contribution in [3.05, 3.63) is 94.5 Å². The highest BCUT2D eigenvalue weighted by Crippen LogP contribution is 2.37. The lowest BCUT2D eigenvalue weighted by molar-refractivity contribution is -0.137. The van der Waals surface area contributed by atoms with Gasteiger partial charge in [0, 0.05) is 30.4 Å². The third-order valence-corrected chi connectivity index (χ3v) is 4.94. The summed E-state index contributed by atoms with van der Waals surface area (Å²) >= 11 is 5.70. The number of nitrogens with zero attached hydrogens (tertiary/aromatic N) is 1. The van der Waals surface area contributed by atoms with E-state index in [1.807, 2.05) is 0 Å². The second kappa shape index (κ2) is 9.95. The van der Waals surface area contributed by atoms with E-state index in [9.17, 15) is 22.8 Å². The summed E-state index contributed by atoms with van der Waals surface area (Å²) < 4.78 is 45.8. The fourth-order valence-electron chi connectivity index (χ4n) is 3.05. The number of rotatable bonds is 6. The Morgan fingerprint density at radius 3 is 2.30 bits per heavy atom. The Balaban J connectivity index is 1.92. The fourth-order valence-corrected chi connectivity index (χ4v) is 3.22. The Hall–Kier alpha value is -3.52. The van der Waals surface area contributed by atoms with E-state index in [0.717, 1.165) is 11.8 Å². The van der Waals surface area contributed by atoms with E-state index in [2.05, 4.69) is 5.32 Å². The van der Waals surface area contributed by atoms with Crippen LogP contribution in [0.15, 0.2) is 72.8 Å². The summed E-state index contributed by atoms with van der Waals surface area (Å²) in [6.45, 7) is 0. The molecule has 1 atom stereocenters. The number of esters is 1. The Labute approximate surface area is 193 Å². The van der Waals surface area contributed by atoms with Gasteiger partial charge < -0.3 is 15.0 Å². The van der Waals surface area contributed by atoms with Crippen LogP contribution in [0.2, 0.25) is 5.02 Å². The molecule has 3 rings (SSSR count). The van der Waals surface area contributed by atoms with E-state index in [1.165, 1.54) is 12.1 Å². The lowest BCUT2D eigenvalue weighted by Gasteiger charge is -2.20. The van der Waals surface area contributed by atoms with Crippen molar-refractivity contribution in [1.29, 1.82) is 0 Å². The molecule has 0 spiro atoms. The van der Waals surface area contributed by atoms with Crippen LogP contribution >= 0.6 is 11.6 Å². The van der Waals surface area contributed by atoms with E-state index in [0.29, 0.717) is 11.6 Å². The Kier molecular flexibility index (Phi) is 7.28. The maximum Gasteiger partial charge on any atom is 0.418 e. The predicted molar refractivity (Wildman–Crippen MR) is 120 cm³/mol. The normalized spacial score (nSPS) is 12.1. The van der Waals surface area contributed by atoms with Crippen LogP contribution in [0.3, 0.4) is 0 Å². The van der Waals surface area contributed by atoms with Crippen LogP contribution in [0.4, 0.5) is 24.5 Å². The number of amides is 1. The van der Waals surface area contributed by atoms with Crippen LogP contribution in [0, 0.1) is 0 Å². The zero-order valence-corrected chi connectivity index (χ0v) is 18.4. The molecule has 33 heavy (non-hydrogen) atoms. The van der Waals surface area contributed by atoms with Crippen molar-refractivity contribution >= 4 is 34.9 Å². The van der Waals surface area contributed by atoms with Gasteiger partial charge >= 0.3 is 12.1 Å². The molecule has 0 heterocycles. The maximum absolute atomic E-state index is 13.4. The molecule has 172 valence electrons. The van der Waals surface area contributed by atoms with Gasteiger partial charge in [0.2, 0.25) is 6.10 Å². The van der Waals surface area contributed by atoms with Gasteiger partial charge in [0.05, 0.1) is 16.8 Å². The van der Waals surface area contributed by atoms with Crippen LogP contribution in [-0.2, 0) is 15.7 Å². The zero-order valence-electron chi connectivity index (χ0n) is 17.7. The number of anilines is 2. The molecule has 0 aromatic heterocycles. The average molecular weight is 477 g/mol. The summed E-state index contributed by atoms with van der Waals surface area (Å²) in [6, 6.07) is 17.6. The number of ether oxygens (including phenoxy) is 1. The first kappa shape index (κ1) is 24.1. The fraction of sp³-hybridized carbons (Fsp3) is 0.167. The first-order valence-electron chi connectivity index (χ1n) is 9.77. The second-order valence-electron chi connectivity index (χ2n) is 7.32. The highest BCUT2D eigenvalue weighted by atomic mass is 35.5. The number of hydrogen-bond donors (Lipinski definition) is 1. The molecule has 0 unspecified atom stereocenters. The first-order valence-corrected chi connectivity index (χ1v) is 10.1. The Morgan fingerprint density at radius 1 is 0.970 bits per heavy atom. The Bertz CT molecular complexity index is 1150. The topological polar surface area (TPSA) is 58.6 Å². The lowest BCUT2D eigenvalue weighted by Crippen LogP contribution is -2.27. The predicted octanol–water partition coefficient (Wildman–Crippen LogP) is 5.96. The monoisotopic (exact) mass is 476 g/mol. The molecule has 0 radical (unpaired) electrons. The highest BCUT2D eigenvalue weighted by Gasteiger charge is 2.35. The van der Waals surface area contributed by atoms with Gasteiger partial charge in [-0.15, -0.1) is 0 Å². The third-order valence-electron chi connectivity index (χ3n) is 4.71. The van der Waals surface area contributed by atoms with E-state index in [-0.39, 0.29) is 10.6 Å². The van der Waals surface area contributed by atoms with E-state index < -0.39 is 35.4 Å². The van der Waals surface area contributed by atoms with Gasteiger partial charge in [-0.2, -0.15) is 13.2 Å². The van der Waals surface area contributed by atoms with Crippen LogP contribution < -0.4 is 10.2 Å². The highest BCUT2D eigenvalue weighted by molar-refractivity contribution is 6.30. The van der Waals surface area contributed by atoms with Crippen molar-refractivity contribution in [2.75, 3.05) is 24.3 Å². The SMILES string of the molecule is CN(C)c1cccc(C(=O)O[C@@H](C(=O)Nc2ccc(Cl)cc2C(F)(F)F)c2ccccc2)c1. The van der Waals surface area contributed by atoms with Crippen molar-refractivity contribution in [2.24, 2.45) is 0 Å². The summed E-state index contributed by atoms with van der Waals surface area (Å²) in [5.41, 5.74) is -0.378. The summed E-state index contributed by atoms with van der Waals surface area (Å²) in [5, 5.41) is 2.09. The third kappa shape index (κ3) is 6.04. The molecule has 3 aromatic carbocycles. The van der Waals surface area contributed by atoms with Crippen molar-refractivity contribution < 1.29 is 27.5 Å². The minimum atomic E-state index is -4.75. The number of carbonyl (C=O) groups excluding carboxylic acids is 2. The molecule has 0 aliphatic rings. The second-order valence-corrected chi connectivity index (χ2v) is 7.75. The maximum atomic E-state index is 13.4. The van der Waals surface area contributed by atoms with Crippen molar-refractivity contribution in [1.82, 2.24) is 0 Å². The van der Waals surface area contributed by atoms with Crippen LogP contribution in [-0.4, -0.2) is 26.0 Å². The summed E-state index contributed by atoms with van der Waals surface area (Å²) in [5.74, 6) is -1.74.